The highest BCUT2D eigenvalue weighted by molar-refractivity contribution is 7.13. The van der Waals surface area contributed by atoms with Gasteiger partial charge in [-0.2, -0.15) is 0 Å². The predicted octanol–water partition coefficient (Wildman–Crippen LogP) is 1.34. The number of aryl methyl sites for hydroxylation is 1. The molecular formula is C16H25N5O3S. The van der Waals surface area contributed by atoms with Crippen LogP contribution >= 0.6 is 11.3 Å². The second-order valence-electron chi connectivity index (χ2n) is 6.51. The van der Waals surface area contributed by atoms with Gasteiger partial charge in [-0.05, 0) is 46.7 Å². The van der Waals surface area contributed by atoms with Gasteiger partial charge in [0.25, 0.3) is 0 Å². The van der Waals surface area contributed by atoms with Crippen molar-refractivity contribution in [3.63, 3.8) is 0 Å². The van der Waals surface area contributed by atoms with Crippen LogP contribution in [0.4, 0.5) is 9.93 Å². The number of urea groups is 1. The number of imide groups is 1. The number of hydrogen-bond donors (Lipinski definition) is 3. The van der Waals surface area contributed by atoms with E-state index in [1.165, 1.54) is 11.3 Å². The van der Waals surface area contributed by atoms with Crippen LogP contribution in [0.2, 0.25) is 0 Å². The monoisotopic (exact) mass is 367 g/mol. The van der Waals surface area contributed by atoms with Gasteiger partial charge in [0.2, 0.25) is 11.8 Å². The molecule has 8 nitrogen and oxygen atoms in total. The van der Waals surface area contributed by atoms with Crippen molar-refractivity contribution in [2.24, 2.45) is 5.92 Å². The van der Waals surface area contributed by atoms with Gasteiger partial charge in [0, 0.05) is 17.3 Å². The number of nitrogens with zero attached hydrogens (tertiary/aromatic N) is 2. The van der Waals surface area contributed by atoms with Crippen molar-refractivity contribution in [2.75, 3.05) is 25.0 Å². The van der Waals surface area contributed by atoms with E-state index < -0.39 is 6.03 Å². The Labute approximate surface area is 151 Å². The van der Waals surface area contributed by atoms with Crippen LogP contribution in [0.5, 0.6) is 0 Å². The molecule has 1 fully saturated rings. The zero-order valence-electron chi connectivity index (χ0n) is 14.8. The van der Waals surface area contributed by atoms with Crippen molar-refractivity contribution >= 4 is 34.3 Å². The molecule has 1 saturated heterocycles. The number of aromatic nitrogens is 1. The van der Waals surface area contributed by atoms with Gasteiger partial charge in [-0.3, -0.25) is 19.8 Å². The number of piperidine rings is 1. The van der Waals surface area contributed by atoms with Gasteiger partial charge >= 0.3 is 6.03 Å². The van der Waals surface area contributed by atoms with Crippen LogP contribution in [0, 0.1) is 12.8 Å². The second-order valence-corrected chi connectivity index (χ2v) is 7.37. The molecule has 9 heteroatoms. The van der Waals surface area contributed by atoms with E-state index >= 15 is 0 Å². The molecule has 1 aliphatic rings. The average Bonchev–Trinajstić information content (AvgIpc) is 2.91. The first-order chi connectivity index (χ1) is 11.8. The van der Waals surface area contributed by atoms with E-state index in [9.17, 15) is 14.4 Å². The minimum Gasteiger partial charge on any atom is -0.336 e. The number of hydrogen-bond acceptors (Lipinski definition) is 6. The average molecular weight is 367 g/mol. The Morgan fingerprint density at radius 3 is 2.56 bits per heavy atom. The first kappa shape index (κ1) is 19.3. The predicted molar refractivity (Wildman–Crippen MR) is 96.5 cm³/mol. The normalized spacial score (nSPS) is 15.8. The molecule has 0 aromatic carbocycles. The van der Waals surface area contributed by atoms with Crippen LogP contribution in [0.1, 0.15) is 32.4 Å². The lowest BCUT2D eigenvalue weighted by Crippen LogP contribution is -2.48. The lowest BCUT2D eigenvalue weighted by Gasteiger charge is -2.30. The molecule has 0 atom stereocenters. The summed E-state index contributed by atoms with van der Waals surface area (Å²) in [6.45, 7) is 6.99. The van der Waals surface area contributed by atoms with Crippen molar-refractivity contribution in [3.05, 3.63) is 11.1 Å². The topological polar surface area (TPSA) is 103 Å². The Kier molecular flexibility index (Phi) is 6.89. The highest BCUT2D eigenvalue weighted by Crippen LogP contribution is 2.21. The Balaban J connectivity index is 1.71. The van der Waals surface area contributed by atoms with Crippen LogP contribution in [-0.2, 0) is 9.59 Å². The lowest BCUT2D eigenvalue weighted by atomic mass is 9.96. The summed E-state index contributed by atoms with van der Waals surface area (Å²) in [4.78, 5) is 41.8. The summed E-state index contributed by atoms with van der Waals surface area (Å²) in [7, 11) is 0. The fourth-order valence-electron chi connectivity index (χ4n) is 2.64. The molecule has 0 aliphatic carbocycles. The largest absolute Gasteiger partial charge is 0.336 e. The molecule has 3 N–H and O–H groups in total. The van der Waals surface area contributed by atoms with E-state index in [0.29, 0.717) is 31.1 Å². The molecule has 1 aromatic rings. The number of carbonyl (C=O) groups is 3. The van der Waals surface area contributed by atoms with Gasteiger partial charge in [0.1, 0.15) is 0 Å². The van der Waals surface area contributed by atoms with E-state index in [-0.39, 0.29) is 30.3 Å². The molecule has 25 heavy (non-hydrogen) atoms. The van der Waals surface area contributed by atoms with Gasteiger partial charge in [0.05, 0.1) is 12.2 Å². The molecule has 0 bridgehead atoms. The highest BCUT2D eigenvalue weighted by atomic mass is 32.1. The summed E-state index contributed by atoms with van der Waals surface area (Å²) >= 11 is 1.42. The van der Waals surface area contributed by atoms with Crippen molar-refractivity contribution in [1.82, 2.24) is 20.5 Å². The third kappa shape index (κ3) is 6.43. The molecule has 2 heterocycles. The third-order valence-corrected chi connectivity index (χ3v) is 4.72. The number of likely N-dealkylation sites (tertiary alicyclic amines) is 1. The molecule has 0 saturated carbocycles. The summed E-state index contributed by atoms with van der Waals surface area (Å²) < 4.78 is 0. The highest BCUT2D eigenvalue weighted by Gasteiger charge is 2.26. The fourth-order valence-corrected chi connectivity index (χ4v) is 3.33. The summed E-state index contributed by atoms with van der Waals surface area (Å²) in [6, 6.07) is -0.503. The molecule has 4 amide bonds. The van der Waals surface area contributed by atoms with Crippen molar-refractivity contribution in [1.29, 1.82) is 0 Å². The van der Waals surface area contributed by atoms with E-state index in [0.717, 1.165) is 5.69 Å². The molecule has 1 aromatic heterocycles. The van der Waals surface area contributed by atoms with Crippen molar-refractivity contribution in [2.45, 2.75) is 39.7 Å². The lowest BCUT2D eigenvalue weighted by molar-refractivity contribution is -0.122. The maximum Gasteiger partial charge on any atom is 0.321 e. The Morgan fingerprint density at radius 2 is 2.00 bits per heavy atom. The molecule has 1 aliphatic heterocycles. The summed E-state index contributed by atoms with van der Waals surface area (Å²) in [5, 5.41) is 10.3. The van der Waals surface area contributed by atoms with Gasteiger partial charge < -0.3 is 10.6 Å². The number of nitrogens with one attached hydrogen (secondary N) is 3. The smallest absolute Gasteiger partial charge is 0.321 e. The molecular weight excluding hydrogens is 342 g/mol. The zero-order chi connectivity index (χ0) is 18.4. The summed E-state index contributed by atoms with van der Waals surface area (Å²) in [6.07, 6.45) is 1.36. The summed E-state index contributed by atoms with van der Waals surface area (Å²) in [5.41, 5.74) is 0.891. The number of rotatable bonds is 5. The maximum absolute atomic E-state index is 12.3. The van der Waals surface area contributed by atoms with E-state index in [4.69, 9.17) is 0 Å². The molecule has 0 radical (unpaired) electrons. The SMILES string of the molecule is Cc1csc(NC(=O)C2CCN(CC(=O)NC(=O)NC(C)C)CC2)n1. The van der Waals surface area contributed by atoms with Crippen LogP contribution in [0.3, 0.4) is 0 Å². The van der Waals surface area contributed by atoms with Gasteiger partial charge in [-0.1, -0.05) is 0 Å². The number of carbonyl (C=O) groups excluding carboxylic acids is 3. The van der Waals surface area contributed by atoms with Gasteiger partial charge in [-0.25, -0.2) is 9.78 Å². The van der Waals surface area contributed by atoms with E-state index in [1.54, 1.807) is 0 Å². The number of anilines is 1. The quantitative estimate of drug-likeness (QED) is 0.729. The van der Waals surface area contributed by atoms with Crippen LogP contribution in [0.15, 0.2) is 5.38 Å². The molecule has 0 unspecified atom stereocenters. The minimum absolute atomic E-state index is 0.0187. The zero-order valence-corrected chi connectivity index (χ0v) is 15.6. The Morgan fingerprint density at radius 1 is 1.32 bits per heavy atom. The van der Waals surface area contributed by atoms with E-state index in [1.807, 2.05) is 31.1 Å². The number of amides is 4. The van der Waals surface area contributed by atoms with Crippen LogP contribution in [0.25, 0.3) is 0 Å². The first-order valence-corrected chi connectivity index (χ1v) is 9.27. The molecule has 2 rings (SSSR count). The second kappa shape index (κ2) is 8.91. The van der Waals surface area contributed by atoms with Crippen LogP contribution < -0.4 is 16.0 Å². The number of thiazole rings is 1. The third-order valence-electron chi connectivity index (χ3n) is 3.85. The minimum atomic E-state index is -0.479. The summed E-state index contributed by atoms with van der Waals surface area (Å²) in [5.74, 6) is -0.429. The molecule has 138 valence electrons. The van der Waals surface area contributed by atoms with Crippen molar-refractivity contribution in [3.8, 4) is 0 Å². The van der Waals surface area contributed by atoms with Crippen molar-refractivity contribution < 1.29 is 14.4 Å². The standard InChI is InChI=1S/C16H25N5O3S/c1-10(2)17-15(24)19-13(22)8-21-6-4-12(5-7-21)14(23)20-16-18-11(3)9-25-16/h9-10,12H,4-8H2,1-3H3,(H,18,20,23)(H2,17,19,22,24). The fraction of sp³-hybridized carbons (Fsp3) is 0.625. The van der Waals surface area contributed by atoms with Crippen LogP contribution in [-0.4, -0.2) is 53.4 Å². The van der Waals surface area contributed by atoms with E-state index in [2.05, 4.69) is 20.9 Å². The first-order valence-electron chi connectivity index (χ1n) is 8.39. The van der Waals surface area contributed by atoms with Gasteiger partial charge in [-0.15, -0.1) is 11.3 Å². The Bertz CT molecular complexity index is 623. The Hall–Kier alpha value is -2.00. The maximum atomic E-state index is 12.3. The molecule has 0 spiro atoms. The van der Waals surface area contributed by atoms with Gasteiger partial charge in [0.15, 0.2) is 5.13 Å².